The molecular weight excluding hydrogens is 310 g/mol. The molecule has 4 nitrogen and oxygen atoms in total. The molecule has 0 radical (unpaired) electrons. The summed E-state index contributed by atoms with van der Waals surface area (Å²) in [5.74, 6) is 0. The van der Waals surface area contributed by atoms with Gasteiger partial charge in [-0.15, -0.1) is 0 Å². The lowest BCUT2D eigenvalue weighted by Gasteiger charge is -2.41. The van der Waals surface area contributed by atoms with E-state index in [1.807, 2.05) is 30.9 Å². The Balaban J connectivity index is 1.65. The van der Waals surface area contributed by atoms with Crippen LogP contribution in [-0.4, -0.2) is 36.6 Å². The van der Waals surface area contributed by atoms with E-state index >= 15 is 0 Å². The van der Waals surface area contributed by atoms with Gasteiger partial charge in [0.05, 0.1) is 0 Å². The molecule has 132 valence electrons. The van der Waals surface area contributed by atoms with E-state index < -0.39 is 0 Å². The van der Waals surface area contributed by atoms with E-state index in [0.29, 0.717) is 6.04 Å². The highest BCUT2D eigenvalue weighted by atomic mass is 16.2. The molecule has 1 N–H and O–H groups in total. The summed E-state index contributed by atoms with van der Waals surface area (Å²) in [7, 11) is 0. The number of amides is 2. The van der Waals surface area contributed by atoms with Gasteiger partial charge in [0.2, 0.25) is 0 Å². The predicted molar refractivity (Wildman–Crippen MR) is 104 cm³/mol. The Labute approximate surface area is 150 Å². The topological polar surface area (TPSA) is 35.6 Å². The minimum absolute atomic E-state index is 0.0132. The molecule has 1 unspecified atom stereocenters. The zero-order valence-corrected chi connectivity index (χ0v) is 15.5. The van der Waals surface area contributed by atoms with Crippen LogP contribution >= 0.6 is 0 Å². The number of hydrogen-bond acceptors (Lipinski definition) is 2. The Hall–Kier alpha value is -2.49. The van der Waals surface area contributed by atoms with Crippen LogP contribution in [-0.2, 0) is 0 Å². The second kappa shape index (κ2) is 7.18. The number of nitrogens with one attached hydrogen (secondary N) is 1. The average molecular weight is 337 g/mol. The van der Waals surface area contributed by atoms with E-state index in [1.54, 1.807) is 0 Å². The van der Waals surface area contributed by atoms with Gasteiger partial charge < -0.3 is 15.1 Å². The third-order valence-corrected chi connectivity index (χ3v) is 4.72. The first-order valence-electron chi connectivity index (χ1n) is 8.90. The molecule has 25 heavy (non-hydrogen) atoms. The van der Waals surface area contributed by atoms with Gasteiger partial charge in [0.25, 0.3) is 0 Å². The maximum atomic E-state index is 12.6. The molecule has 0 aromatic heterocycles. The minimum Gasteiger partial charge on any atom is -0.365 e. The SMILES string of the molecule is Cc1cc(C)cc(NC(=O)N2CCN(c3cccc(C)c3)C(C)C2)c1. The van der Waals surface area contributed by atoms with E-state index in [9.17, 15) is 4.79 Å². The molecule has 0 aliphatic carbocycles. The molecular formula is C21H27N3O. The Bertz CT molecular complexity index is 751. The fourth-order valence-electron chi connectivity index (χ4n) is 3.58. The van der Waals surface area contributed by atoms with Crippen molar-refractivity contribution in [1.82, 2.24) is 4.90 Å². The van der Waals surface area contributed by atoms with Crippen LogP contribution in [0.15, 0.2) is 42.5 Å². The zero-order valence-electron chi connectivity index (χ0n) is 15.5. The quantitative estimate of drug-likeness (QED) is 0.884. The lowest BCUT2D eigenvalue weighted by atomic mass is 10.1. The molecule has 0 saturated carbocycles. The molecule has 0 spiro atoms. The maximum Gasteiger partial charge on any atom is 0.321 e. The molecule has 1 atom stereocenters. The van der Waals surface area contributed by atoms with E-state index in [0.717, 1.165) is 36.4 Å². The van der Waals surface area contributed by atoms with E-state index in [2.05, 4.69) is 54.4 Å². The fourth-order valence-corrected chi connectivity index (χ4v) is 3.58. The number of carbonyl (C=O) groups is 1. The lowest BCUT2D eigenvalue weighted by molar-refractivity contribution is 0.200. The normalized spacial score (nSPS) is 17.5. The van der Waals surface area contributed by atoms with Crippen molar-refractivity contribution in [2.45, 2.75) is 33.7 Å². The van der Waals surface area contributed by atoms with Gasteiger partial charge in [-0.3, -0.25) is 0 Å². The van der Waals surface area contributed by atoms with Gasteiger partial charge in [0.1, 0.15) is 0 Å². The highest BCUT2D eigenvalue weighted by Gasteiger charge is 2.27. The van der Waals surface area contributed by atoms with Gasteiger partial charge >= 0.3 is 6.03 Å². The van der Waals surface area contributed by atoms with Crippen molar-refractivity contribution in [1.29, 1.82) is 0 Å². The summed E-state index contributed by atoms with van der Waals surface area (Å²) in [6.45, 7) is 10.7. The molecule has 2 amide bonds. The molecule has 1 aliphatic heterocycles. The standard InChI is InChI=1S/C21H27N3O/c1-15-6-5-7-20(13-15)24-9-8-23(14-18(24)4)21(25)22-19-11-16(2)10-17(3)12-19/h5-7,10-13,18H,8-9,14H2,1-4H3,(H,22,25). The number of carbonyl (C=O) groups excluding carboxylic acids is 1. The number of urea groups is 1. The predicted octanol–water partition coefficient (Wildman–Crippen LogP) is 4.35. The number of benzene rings is 2. The first-order chi connectivity index (χ1) is 11.9. The lowest BCUT2D eigenvalue weighted by Crippen LogP contribution is -2.54. The largest absolute Gasteiger partial charge is 0.365 e. The second-order valence-corrected chi connectivity index (χ2v) is 7.13. The third kappa shape index (κ3) is 4.13. The van der Waals surface area contributed by atoms with Crippen molar-refractivity contribution in [3.63, 3.8) is 0 Å². The van der Waals surface area contributed by atoms with E-state index in [4.69, 9.17) is 0 Å². The molecule has 1 fully saturated rings. The molecule has 0 bridgehead atoms. The van der Waals surface area contributed by atoms with Gasteiger partial charge in [-0.05, 0) is 68.7 Å². The zero-order chi connectivity index (χ0) is 18.0. The van der Waals surface area contributed by atoms with Crippen LogP contribution in [0.25, 0.3) is 0 Å². The van der Waals surface area contributed by atoms with Crippen molar-refractivity contribution in [3.8, 4) is 0 Å². The second-order valence-electron chi connectivity index (χ2n) is 7.13. The summed E-state index contributed by atoms with van der Waals surface area (Å²) in [6, 6.07) is 15.0. The number of anilines is 2. The van der Waals surface area contributed by atoms with Crippen molar-refractivity contribution in [3.05, 3.63) is 59.2 Å². The van der Waals surface area contributed by atoms with Crippen LogP contribution in [0.1, 0.15) is 23.6 Å². The van der Waals surface area contributed by atoms with Crippen LogP contribution in [0, 0.1) is 20.8 Å². The number of piperazine rings is 1. The number of nitrogens with zero attached hydrogens (tertiary/aromatic N) is 2. The number of hydrogen-bond donors (Lipinski definition) is 1. The molecule has 2 aromatic carbocycles. The minimum atomic E-state index is -0.0132. The highest BCUT2D eigenvalue weighted by Crippen LogP contribution is 2.22. The summed E-state index contributed by atoms with van der Waals surface area (Å²) in [5.41, 5.74) is 5.69. The maximum absolute atomic E-state index is 12.6. The smallest absolute Gasteiger partial charge is 0.321 e. The summed E-state index contributed by atoms with van der Waals surface area (Å²) < 4.78 is 0. The average Bonchev–Trinajstić information content (AvgIpc) is 2.53. The van der Waals surface area contributed by atoms with Crippen molar-refractivity contribution in [2.75, 3.05) is 29.9 Å². The molecule has 3 rings (SSSR count). The summed E-state index contributed by atoms with van der Waals surface area (Å²) in [4.78, 5) is 16.9. The van der Waals surface area contributed by atoms with Gasteiger partial charge in [0.15, 0.2) is 0 Å². The van der Waals surface area contributed by atoms with Crippen LogP contribution in [0.3, 0.4) is 0 Å². The van der Waals surface area contributed by atoms with Crippen LogP contribution in [0.5, 0.6) is 0 Å². The Kier molecular flexibility index (Phi) is 4.98. The van der Waals surface area contributed by atoms with Crippen molar-refractivity contribution < 1.29 is 4.79 Å². The van der Waals surface area contributed by atoms with Crippen LogP contribution in [0.2, 0.25) is 0 Å². The first-order valence-corrected chi connectivity index (χ1v) is 8.90. The molecule has 1 aliphatic rings. The van der Waals surface area contributed by atoms with Crippen molar-refractivity contribution in [2.24, 2.45) is 0 Å². The van der Waals surface area contributed by atoms with Gasteiger partial charge in [-0.25, -0.2) is 4.79 Å². The third-order valence-electron chi connectivity index (χ3n) is 4.72. The summed E-state index contributed by atoms with van der Waals surface area (Å²) in [6.07, 6.45) is 0. The number of rotatable bonds is 2. The van der Waals surface area contributed by atoms with Gasteiger partial charge in [-0.1, -0.05) is 18.2 Å². The molecule has 4 heteroatoms. The van der Waals surface area contributed by atoms with Gasteiger partial charge in [0, 0.05) is 37.1 Å². The number of aryl methyl sites for hydroxylation is 3. The van der Waals surface area contributed by atoms with Gasteiger partial charge in [-0.2, -0.15) is 0 Å². The Morgan fingerprint density at radius 3 is 2.36 bits per heavy atom. The first kappa shape index (κ1) is 17.3. The summed E-state index contributed by atoms with van der Waals surface area (Å²) >= 11 is 0. The Morgan fingerprint density at radius 2 is 1.72 bits per heavy atom. The fraction of sp³-hybridized carbons (Fsp3) is 0.381. The summed E-state index contributed by atoms with van der Waals surface area (Å²) in [5, 5.41) is 3.05. The highest BCUT2D eigenvalue weighted by molar-refractivity contribution is 5.89. The van der Waals surface area contributed by atoms with E-state index in [1.165, 1.54) is 11.3 Å². The Morgan fingerprint density at radius 1 is 1.00 bits per heavy atom. The molecule has 2 aromatic rings. The van der Waals surface area contributed by atoms with E-state index in [-0.39, 0.29) is 6.03 Å². The molecule has 1 heterocycles. The van der Waals surface area contributed by atoms with Crippen LogP contribution < -0.4 is 10.2 Å². The van der Waals surface area contributed by atoms with Crippen molar-refractivity contribution >= 4 is 17.4 Å². The monoisotopic (exact) mass is 337 g/mol. The molecule has 1 saturated heterocycles. The van der Waals surface area contributed by atoms with Crippen LogP contribution in [0.4, 0.5) is 16.2 Å².